The van der Waals surface area contributed by atoms with E-state index < -0.39 is 11.4 Å². The Morgan fingerprint density at radius 2 is 1.85 bits per heavy atom. The van der Waals surface area contributed by atoms with Gasteiger partial charge in [0.15, 0.2) is 0 Å². The molecule has 1 aromatic carbocycles. The predicted octanol–water partition coefficient (Wildman–Crippen LogP) is 4.25. The fourth-order valence-electron chi connectivity index (χ4n) is 1.86. The molecule has 1 aromatic rings. The minimum atomic E-state index is -0.757. The van der Waals surface area contributed by atoms with E-state index in [1.54, 1.807) is 13.8 Å². The summed E-state index contributed by atoms with van der Waals surface area (Å²) in [5.41, 5.74) is 0.655. The molecule has 112 valence electrons. The molecule has 1 N–H and O–H groups in total. The molecule has 0 aliphatic heterocycles. The molecule has 0 fully saturated rings. The van der Waals surface area contributed by atoms with Gasteiger partial charge in [-0.05, 0) is 49.8 Å². The van der Waals surface area contributed by atoms with E-state index in [0.29, 0.717) is 13.0 Å². The molecule has 0 saturated carbocycles. The van der Waals surface area contributed by atoms with Crippen molar-refractivity contribution in [2.24, 2.45) is 5.41 Å². The number of benzene rings is 1. The van der Waals surface area contributed by atoms with Crippen LogP contribution in [-0.2, 0) is 10.2 Å². The summed E-state index contributed by atoms with van der Waals surface area (Å²) in [7, 11) is 0. The van der Waals surface area contributed by atoms with Crippen molar-refractivity contribution in [3.63, 3.8) is 0 Å². The van der Waals surface area contributed by atoms with Gasteiger partial charge < -0.3 is 9.84 Å². The van der Waals surface area contributed by atoms with E-state index >= 15 is 0 Å². The van der Waals surface area contributed by atoms with Crippen LogP contribution in [-0.4, -0.2) is 17.7 Å². The summed E-state index contributed by atoms with van der Waals surface area (Å²) in [5.74, 6) is 0.0952. The Labute approximate surface area is 122 Å². The number of hydrogen-bond donors (Lipinski definition) is 1. The monoisotopic (exact) mass is 278 g/mol. The van der Waals surface area contributed by atoms with Crippen LogP contribution in [0.4, 0.5) is 0 Å². The zero-order valence-electron chi connectivity index (χ0n) is 13.2. The van der Waals surface area contributed by atoms with Crippen LogP contribution in [0.1, 0.15) is 53.0 Å². The third kappa shape index (κ3) is 4.87. The van der Waals surface area contributed by atoms with Gasteiger partial charge >= 0.3 is 5.97 Å². The van der Waals surface area contributed by atoms with Crippen molar-refractivity contribution in [2.75, 3.05) is 6.61 Å². The zero-order valence-corrected chi connectivity index (χ0v) is 13.2. The van der Waals surface area contributed by atoms with Crippen LogP contribution in [0.15, 0.2) is 24.3 Å². The Bertz CT molecular complexity index is 456. The summed E-state index contributed by atoms with van der Waals surface area (Å²) in [5, 5.41) is 9.04. The number of carbonyl (C=O) groups is 1. The van der Waals surface area contributed by atoms with Crippen LogP contribution >= 0.6 is 0 Å². The molecular formula is C17H26O3. The van der Waals surface area contributed by atoms with Crippen molar-refractivity contribution in [1.29, 1.82) is 0 Å². The Morgan fingerprint density at radius 3 is 2.40 bits per heavy atom. The van der Waals surface area contributed by atoms with Gasteiger partial charge in [0.2, 0.25) is 0 Å². The van der Waals surface area contributed by atoms with E-state index in [0.717, 1.165) is 12.2 Å². The molecule has 0 aliphatic rings. The van der Waals surface area contributed by atoms with Crippen LogP contribution in [0.2, 0.25) is 0 Å². The molecular weight excluding hydrogens is 252 g/mol. The standard InChI is InChI=1S/C17H26O3/c1-16(2,3)13-8-6-9-14(12-13)20-11-7-10-17(4,5)15(18)19/h6,8-9,12H,7,10-11H2,1-5H3,(H,18,19). The maximum Gasteiger partial charge on any atom is 0.309 e. The molecule has 0 bridgehead atoms. The number of carboxylic acid groups (broad SMARTS) is 1. The van der Waals surface area contributed by atoms with Crippen molar-refractivity contribution in [3.8, 4) is 5.75 Å². The Kier molecular flexibility index (Phi) is 5.21. The topological polar surface area (TPSA) is 46.5 Å². The van der Waals surface area contributed by atoms with Crippen LogP contribution in [0.5, 0.6) is 5.75 Å². The third-order valence-corrected chi connectivity index (χ3v) is 3.49. The minimum absolute atomic E-state index is 0.102. The molecule has 0 spiro atoms. The van der Waals surface area contributed by atoms with Gasteiger partial charge in [0.1, 0.15) is 5.75 Å². The second-order valence-electron chi connectivity index (χ2n) is 6.92. The van der Waals surface area contributed by atoms with Crippen molar-refractivity contribution in [3.05, 3.63) is 29.8 Å². The predicted molar refractivity (Wildman–Crippen MR) is 81.3 cm³/mol. The van der Waals surface area contributed by atoms with E-state index in [-0.39, 0.29) is 5.41 Å². The molecule has 0 aliphatic carbocycles. The lowest BCUT2D eigenvalue weighted by Gasteiger charge is -2.20. The van der Waals surface area contributed by atoms with Gasteiger partial charge in [-0.15, -0.1) is 0 Å². The van der Waals surface area contributed by atoms with Gasteiger partial charge in [-0.25, -0.2) is 0 Å². The lowest BCUT2D eigenvalue weighted by atomic mass is 9.87. The number of rotatable bonds is 6. The van der Waals surface area contributed by atoms with E-state index in [2.05, 4.69) is 32.9 Å². The summed E-state index contributed by atoms with van der Waals surface area (Å²) in [6, 6.07) is 8.09. The minimum Gasteiger partial charge on any atom is -0.494 e. The van der Waals surface area contributed by atoms with Gasteiger partial charge in [0, 0.05) is 0 Å². The van der Waals surface area contributed by atoms with Crippen molar-refractivity contribution in [1.82, 2.24) is 0 Å². The highest BCUT2D eigenvalue weighted by Crippen LogP contribution is 2.26. The number of carboxylic acids is 1. The van der Waals surface area contributed by atoms with Crippen molar-refractivity contribution < 1.29 is 14.6 Å². The van der Waals surface area contributed by atoms with Crippen LogP contribution < -0.4 is 4.74 Å². The zero-order chi connectivity index (χ0) is 15.4. The van der Waals surface area contributed by atoms with Gasteiger partial charge in [0.05, 0.1) is 12.0 Å². The molecule has 0 radical (unpaired) electrons. The molecule has 0 aromatic heterocycles. The smallest absolute Gasteiger partial charge is 0.309 e. The van der Waals surface area contributed by atoms with Crippen LogP contribution in [0, 0.1) is 5.41 Å². The maximum atomic E-state index is 11.0. The highest BCUT2D eigenvalue weighted by molar-refractivity contribution is 5.73. The molecule has 1 rings (SSSR count). The van der Waals surface area contributed by atoms with Crippen LogP contribution in [0.3, 0.4) is 0 Å². The molecule has 0 amide bonds. The summed E-state index contributed by atoms with van der Waals surface area (Å²) >= 11 is 0. The van der Waals surface area contributed by atoms with Gasteiger partial charge in [-0.2, -0.15) is 0 Å². The average Bonchev–Trinajstić information content (AvgIpc) is 2.34. The average molecular weight is 278 g/mol. The summed E-state index contributed by atoms with van der Waals surface area (Å²) in [6.07, 6.45) is 1.35. The van der Waals surface area contributed by atoms with Crippen LogP contribution in [0.25, 0.3) is 0 Å². The second-order valence-corrected chi connectivity index (χ2v) is 6.92. The summed E-state index contributed by atoms with van der Waals surface area (Å²) in [4.78, 5) is 11.0. The summed E-state index contributed by atoms with van der Waals surface area (Å²) < 4.78 is 5.72. The molecule has 0 unspecified atom stereocenters. The van der Waals surface area contributed by atoms with E-state index in [9.17, 15) is 4.79 Å². The maximum absolute atomic E-state index is 11.0. The van der Waals surface area contributed by atoms with Crippen molar-refractivity contribution in [2.45, 2.75) is 52.9 Å². The quantitative estimate of drug-likeness (QED) is 0.791. The second kappa shape index (κ2) is 6.29. The van der Waals surface area contributed by atoms with E-state index in [1.807, 2.05) is 12.1 Å². The molecule has 3 heteroatoms. The molecule has 20 heavy (non-hydrogen) atoms. The Balaban J connectivity index is 2.49. The first-order valence-corrected chi connectivity index (χ1v) is 7.10. The first-order chi connectivity index (χ1) is 9.13. The lowest BCUT2D eigenvalue weighted by Crippen LogP contribution is -2.24. The normalized spacial score (nSPS) is 12.2. The highest BCUT2D eigenvalue weighted by Gasteiger charge is 2.26. The first kappa shape index (κ1) is 16.5. The van der Waals surface area contributed by atoms with Crippen molar-refractivity contribution >= 4 is 5.97 Å². The Morgan fingerprint density at radius 1 is 1.20 bits per heavy atom. The van der Waals surface area contributed by atoms with Gasteiger partial charge in [0.25, 0.3) is 0 Å². The summed E-state index contributed by atoms with van der Waals surface area (Å²) in [6.45, 7) is 10.5. The fourth-order valence-corrected chi connectivity index (χ4v) is 1.86. The van der Waals surface area contributed by atoms with E-state index in [4.69, 9.17) is 9.84 Å². The fraction of sp³-hybridized carbons (Fsp3) is 0.588. The number of aliphatic carboxylic acids is 1. The molecule has 0 atom stereocenters. The van der Waals surface area contributed by atoms with Gasteiger partial charge in [-0.1, -0.05) is 32.9 Å². The highest BCUT2D eigenvalue weighted by atomic mass is 16.5. The number of ether oxygens (including phenoxy) is 1. The first-order valence-electron chi connectivity index (χ1n) is 7.10. The number of hydrogen-bond acceptors (Lipinski definition) is 2. The van der Waals surface area contributed by atoms with E-state index in [1.165, 1.54) is 5.56 Å². The molecule has 0 saturated heterocycles. The third-order valence-electron chi connectivity index (χ3n) is 3.49. The SMILES string of the molecule is CC(C)(CCCOc1cccc(C(C)(C)C)c1)C(=O)O. The lowest BCUT2D eigenvalue weighted by molar-refractivity contribution is -0.147. The molecule has 3 nitrogen and oxygen atoms in total. The Hall–Kier alpha value is -1.51. The largest absolute Gasteiger partial charge is 0.494 e. The van der Waals surface area contributed by atoms with Gasteiger partial charge in [-0.3, -0.25) is 4.79 Å². The molecule has 0 heterocycles.